The number of carbonyl (C=O) groups is 1. The highest BCUT2D eigenvalue weighted by Gasteiger charge is 2.30. The van der Waals surface area contributed by atoms with Gasteiger partial charge in [-0.1, -0.05) is 0 Å². The molecule has 0 aliphatic carbocycles. The van der Waals surface area contributed by atoms with E-state index >= 15 is 0 Å². The second kappa shape index (κ2) is 6.44. The highest BCUT2D eigenvalue weighted by molar-refractivity contribution is 6.03. The quantitative estimate of drug-likeness (QED) is 0.542. The van der Waals surface area contributed by atoms with E-state index in [1.165, 1.54) is 22.9 Å². The van der Waals surface area contributed by atoms with E-state index in [-0.39, 0.29) is 5.91 Å². The smallest absolute Gasteiger partial charge is 0.283 e. The molecule has 3 rings (SSSR count). The van der Waals surface area contributed by atoms with Crippen LogP contribution in [0.3, 0.4) is 0 Å². The fourth-order valence-electron chi connectivity index (χ4n) is 2.94. The number of halogens is 3. The zero-order chi connectivity index (χ0) is 19.1. The van der Waals surface area contributed by atoms with Crippen molar-refractivity contribution >= 4 is 28.7 Å². The molecule has 134 valence electrons. The Morgan fingerprint density at radius 2 is 1.81 bits per heavy atom. The number of rotatable bonds is 2. The van der Waals surface area contributed by atoms with Gasteiger partial charge in [0.05, 0.1) is 16.8 Å². The van der Waals surface area contributed by atoms with Gasteiger partial charge in [0, 0.05) is 23.4 Å². The van der Waals surface area contributed by atoms with Gasteiger partial charge in [-0.2, -0.15) is 13.2 Å². The summed E-state index contributed by atoms with van der Waals surface area (Å²) in [7, 11) is 0. The fourth-order valence-corrected chi connectivity index (χ4v) is 2.94. The molecular formula is C20H17F3N2O. The first-order valence-electron chi connectivity index (χ1n) is 8.05. The lowest BCUT2D eigenvalue weighted by molar-refractivity contribution is -0.137. The second-order valence-corrected chi connectivity index (χ2v) is 6.10. The lowest BCUT2D eigenvalue weighted by Crippen LogP contribution is -2.13. The number of carbonyl (C=O) groups excluding carboxylic acids is 1. The van der Waals surface area contributed by atoms with Crippen LogP contribution in [0.25, 0.3) is 10.9 Å². The summed E-state index contributed by atoms with van der Waals surface area (Å²) in [6.07, 6.45) is -1.23. The Kier molecular flexibility index (Phi) is 4.44. The van der Waals surface area contributed by atoms with E-state index in [4.69, 9.17) is 0 Å². The summed E-state index contributed by atoms with van der Waals surface area (Å²) in [4.78, 5) is 17.2. The van der Waals surface area contributed by atoms with Crippen LogP contribution in [0.4, 0.5) is 18.9 Å². The highest BCUT2D eigenvalue weighted by Crippen LogP contribution is 2.32. The Morgan fingerprint density at radius 3 is 2.46 bits per heavy atom. The number of hydrogen-bond acceptors (Lipinski definition) is 2. The van der Waals surface area contributed by atoms with Crippen LogP contribution in [0.2, 0.25) is 0 Å². The molecule has 3 nitrogen and oxygen atoms in total. The number of alkyl halides is 3. The summed E-state index contributed by atoms with van der Waals surface area (Å²) in [6, 6.07) is 8.47. The van der Waals surface area contributed by atoms with E-state index < -0.39 is 11.7 Å². The van der Waals surface area contributed by atoms with Crippen LogP contribution in [0.1, 0.15) is 34.0 Å². The van der Waals surface area contributed by atoms with Gasteiger partial charge < -0.3 is 0 Å². The minimum atomic E-state index is -4.41. The van der Waals surface area contributed by atoms with Crippen LogP contribution in [0.5, 0.6) is 0 Å². The number of fused-ring (bicyclic) bond motifs is 1. The van der Waals surface area contributed by atoms with Gasteiger partial charge in [-0.15, -0.1) is 0 Å². The molecule has 1 heterocycles. The lowest BCUT2D eigenvalue weighted by Gasteiger charge is -2.11. The second-order valence-electron chi connectivity index (χ2n) is 6.10. The van der Waals surface area contributed by atoms with Gasteiger partial charge in [-0.05, 0) is 68.3 Å². The molecule has 0 saturated carbocycles. The van der Waals surface area contributed by atoms with Crippen LogP contribution in [0, 0.1) is 13.8 Å². The topological polar surface area (TPSA) is 34.4 Å². The normalized spacial score (nSPS) is 12.2. The maximum absolute atomic E-state index is 12.9. The molecule has 26 heavy (non-hydrogen) atoms. The number of aryl methyl sites for hydroxylation is 2. The first kappa shape index (κ1) is 17.9. The average Bonchev–Trinajstić information content (AvgIpc) is 3.00. The van der Waals surface area contributed by atoms with Gasteiger partial charge in [0.2, 0.25) is 0 Å². The minimum absolute atomic E-state index is 0.285. The highest BCUT2D eigenvalue weighted by atomic mass is 19.4. The summed E-state index contributed by atoms with van der Waals surface area (Å²) >= 11 is 0. The van der Waals surface area contributed by atoms with E-state index in [0.717, 1.165) is 28.9 Å². The van der Waals surface area contributed by atoms with Crippen LogP contribution in [0.15, 0.2) is 47.6 Å². The summed E-state index contributed by atoms with van der Waals surface area (Å²) in [5.41, 5.74) is 2.60. The van der Waals surface area contributed by atoms with E-state index in [0.29, 0.717) is 16.5 Å². The predicted octanol–water partition coefficient (Wildman–Crippen LogP) is 5.69. The standard InChI is InChI=1S/C20H17F3N2O/c1-4-24-17-10-12(2)16(9-13(17)3)19(26)25-8-7-14-11-15(20(21,22)23)5-6-18(14)25/h4-11H,1-3H3. The zero-order valence-electron chi connectivity index (χ0n) is 14.6. The molecule has 0 fully saturated rings. The van der Waals surface area contributed by atoms with E-state index in [9.17, 15) is 18.0 Å². The van der Waals surface area contributed by atoms with Crippen molar-refractivity contribution in [2.45, 2.75) is 26.9 Å². The number of aliphatic imine (C=N–C) groups is 1. The van der Waals surface area contributed by atoms with Gasteiger partial charge in [0.1, 0.15) is 0 Å². The molecule has 0 bridgehead atoms. The first-order chi connectivity index (χ1) is 12.2. The summed E-state index contributed by atoms with van der Waals surface area (Å²) in [5, 5.41) is 0.370. The van der Waals surface area contributed by atoms with Gasteiger partial charge in [-0.3, -0.25) is 14.4 Å². The first-order valence-corrected chi connectivity index (χ1v) is 8.05. The third-order valence-electron chi connectivity index (χ3n) is 4.28. The Hall–Kier alpha value is -2.89. The molecule has 0 amide bonds. The van der Waals surface area contributed by atoms with Gasteiger partial charge in [0.25, 0.3) is 5.91 Å². The maximum atomic E-state index is 12.9. The monoisotopic (exact) mass is 358 g/mol. The SMILES string of the molecule is CC=Nc1cc(C)c(C(=O)n2ccc3cc(C(F)(F)F)ccc32)cc1C. The molecular weight excluding hydrogens is 341 g/mol. The lowest BCUT2D eigenvalue weighted by atomic mass is 10.0. The molecule has 6 heteroatoms. The minimum Gasteiger partial charge on any atom is -0.283 e. The molecule has 0 N–H and O–H groups in total. The van der Waals surface area contributed by atoms with Crippen LogP contribution < -0.4 is 0 Å². The molecule has 1 aromatic heterocycles. The van der Waals surface area contributed by atoms with Gasteiger partial charge in [0.15, 0.2) is 0 Å². The van der Waals surface area contributed by atoms with Crippen LogP contribution in [-0.2, 0) is 6.18 Å². The van der Waals surface area contributed by atoms with E-state index in [1.54, 1.807) is 12.3 Å². The maximum Gasteiger partial charge on any atom is 0.416 e. The Labute approximate surface area is 148 Å². The van der Waals surface area contributed by atoms with Crippen molar-refractivity contribution in [3.05, 3.63) is 64.8 Å². The Bertz CT molecular complexity index is 1030. The predicted molar refractivity (Wildman–Crippen MR) is 96.4 cm³/mol. The number of hydrogen-bond donors (Lipinski definition) is 0. The molecule has 0 atom stereocenters. The summed E-state index contributed by atoms with van der Waals surface area (Å²) in [6.45, 7) is 5.49. The van der Waals surface area contributed by atoms with Crippen molar-refractivity contribution < 1.29 is 18.0 Å². The van der Waals surface area contributed by atoms with Crippen molar-refractivity contribution in [1.29, 1.82) is 0 Å². The number of aromatic nitrogens is 1. The third-order valence-corrected chi connectivity index (χ3v) is 4.28. The van der Waals surface area contributed by atoms with E-state index in [1.807, 2.05) is 26.8 Å². The summed E-state index contributed by atoms with van der Waals surface area (Å²) < 4.78 is 40.0. The number of benzene rings is 2. The molecule has 0 saturated heterocycles. The molecule has 0 radical (unpaired) electrons. The van der Waals surface area contributed by atoms with Crippen molar-refractivity contribution in [3.63, 3.8) is 0 Å². The van der Waals surface area contributed by atoms with Crippen molar-refractivity contribution in [1.82, 2.24) is 4.57 Å². The molecule has 0 aliphatic rings. The fraction of sp³-hybridized carbons (Fsp3) is 0.200. The molecule has 0 aliphatic heterocycles. The molecule has 0 spiro atoms. The van der Waals surface area contributed by atoms with Crippen molar-refractivity contribution in [2.24, 2.45) is 4.99 Å². The summed E-state index contributed by atoms with van der Waals surface area (Å²) in [5.74, 6) is -0.285. The largest absolute Gasteiger partial charge is 0.416 e. The molecule has 0 unspecified atom stereocenters. The van der Waals surface area contributed by atoms with Crippen molar-refractivity contribution in [2.75, 3.05) is 0 Å². The Balaban J connectivity index is 2.07. The molecule has 2 aromatic carbocycles. The van der Waals surface area contributed by atoms with Crippen LogP contribution in [-0.4, -0.2) is 16.7 Å². The van der Waals surface area contributed by atoms with E-state index in [2.05, 4.69) is 4.99 Å². The van der Waals surface area contributed by atoms with Gasteiger partial charge in [-0.25, -0.2) is 0 Å². The van der Waals surface area contributed by atoms with Gasteiger partial charge >= 0.3 is 6.18 Å². The number of nitrogens with zero attached hydrogens (tertiary/aromatic N) is 2. The van der Waals surface area contributed by atoms with Crippen LogP contribution >= 0.6 is 0 Å². The zero-order valence-corrected chi connectivity index (χ0v) is 14.6. The third kappa shape index (κ3) is 3.14. The Morgan fingerprint density at radius 1 is 1.08 bits per heavy atom. The van der Waals surface area contributed by atoms with Crippen molar-refractivity contribution in [3.8, 4) is 0 Å². The average molecular weight is 358 g/mol. The molecule has 3 aromatic rings.